The number of rotatable bonds is 14. The van der Waals surface area contributed by atoms with Crippen LogP contribution in [0, 0.1) is 12.8 Å². The van der Waals surface area contributed by atoms with Crippen LogP contribution in [0.4, 0.5) is 15.3 Å². The van der Waals surface area contributed by atoms with Crippen LogP contribution >= 0.6 is 0 Å². The van der Waals surface area contributed by atoms with E-state index in [0.717, 1.165) is 5.69 Å². The van der Waals surface area contributed by atoms with E-state index in [9.17, 15) is 28.8 Å². The van der Waals surface area contributed by atoms with E-state index in [1.165, 1.54) is 0 Å². The van der Waals surface area contributed by atoms with E-state index in [-0.39, 0.29) is 30.8 Å². The Kier molecular flexibility index (Phi) is 13.4. The van der Waals surface area contributed by atoms with Crippen LogP contribution in [0.1, 0.15) is 66.9 Å². The smallest absolute Gasteiger partial charge is 0.413 e. The number of ketones is 1. The number of Topliss-reactive ketones (excluding diaryl/α,β-unsaturated/α-hetero) is 1. The number of piperazine rings is 1. The van der Waals surface area contributed by atoms with Crippen LogP contribution in [0.2, 0.25) is 0 Å². The molecule has 0 aliphatic carbocycles. The lowest BCUT2D eigenvalue weighted by Gasteiger charge is -2.37. The summed E-state index contributed by atoms with van der Waals surface area (Å²) in [4.78, 5) is 79.3. The maximum absolute atomic E-state index is 12.9. The number of nitrogens with zero attached hydrogens (tertiary/aromatic N) is 2. The lowest BCUT2D eigenvalue weighted by molar-refractivity contribution is -0.132. The largest absolute Gasteiger partial charge is 0.444 e. The van der Waals surface area contributed by atoms with Gasteiger partial charge in [-0.3, -0.25) is 19.2 Å². The molecule has 0 saturated carbocycles. The number of carbonyl (C=O) groups is 6. The molecule has 0 radical (unpaired) electrons. The topological polar surface area (TPSA) is 188 Å². The second kappa shape index (κ2) is 16.8. The summed E-state index contributed by atoms with van der Waals surface area (Å²) in [5, 5.41) is 10.1. The van der Waals surface area contributed by atoms with Gasteiger partial charge in [-0.05, 0) is 77.1 Å². The van der Waals surface area contributed by atoms with Crippen molar-refractivity contribution >= 4 is 41.4 Å². The molecule has 0 aromatic heterocycles. The summed E-state index contributed by atoms with van der Waals surface area (Å²) < 4.78 is 16.1. The number of hydrogen-bond donors (Lipinski definition) is 4. The fraction of sp³-hybridized carbons (Fsp3) is 0.647. The Bertz CT molecular complexity index is 1380. The molecule has 5 amide bonds. The van der Waals surface area contributed by atoms with Crippen LogP contribution in [0.5, 0.6) is 5.75 Å². The molecule has 2 aliphatic rings. The summed E-state index contributed by atoms with van der Waals surface area (Å²) in [5.41, 5.74) is 0.186. The quantitative estimate of drug-likeness (QED) is 0.211. The van der Waals surface area contributed by atoms with Crippen molar-refractivity contribution in [1.82, 2.24) is 26.2 Å². The monoisotopic (exact) mass is 688 g/mol. The Hall–Kier alpha value is -4.40. The number of hydrogen-bond acceptors (Lipinski definition) is 10. The molecule has 2 heterocycles. The minimum atomic E-state index is -0.957. The van der Waals surface area contributed by atoms with E-state index >= 15 is 0 Å². The fourth-order valence-electron chi connectivity index (χ4n) is 5.16. The molecule has 2 aliphatic heterocycles. The van der Waals surface area contributed by atoms with Crippen molar-refractivity contribution in [2.75, 3.05) is 50.8 Å². The lowest BCUT2D eigenvalue weighted by Crippen LogP contribution is -2.53. The maximum Gasteiger partial charge on any atom is 0.413 e. The highest BCUT2D eigenvalue weighted by Gasteiger charge is 2.49. The van der Waals surface area contributed by atoms with Gasteiger partial charge in [-0.1, -0.05) is 20.8 Å². The zero-order chi connectivity index (χ0) is 36.5. The molecule has 4 N–H and O–H groups in total. The first kappa shape index (κ1) is 39.0. The SMILES string of the molecule is CCC(NC(=O)CNC(=O)C(CC(C)C)NC(=O)CNC(=O)Oc1ccc(N2CCN(C(=O)OC(C)(C)C)CC2)cc1C)C(=O)C1(C)CO1. The third-order valence-corrected chi connectivity index (χ3v) is 7.99. The fourth-order valence-corrected chi connectivity index (χ4v) is 5.16. The Labute approximate surface area is 288 Å². The third kappa shape index (κ3) is 12.2. The molecular formula is C34H52N6O9. The van der Waals surface area contributed by atoms with E-state index in [1.54, 1.807) is 31.7 Å². The van der Waals surface area contributed by atoms with Crippen LogP contribution in [0.3, 0.4) is 0 Å². The van der Waals surface area contributed by atoms with Gasteiger partial charge in [0.25, 0.3) is 0 Å². The van der Waals surface area contributed by atoms with Crippen molar-refractivity contribution in [3.8, 4) is 5.75 Å². The van der Waals surface area contributed by atoms with E-state index in [0.29, 0.717) is 50.5 Å². The maximum atomic E-state index is 12.9. The highest BCUT2D eigenvalue weighted by molar-refractivity contribution is 5.97. The highest BCUT2D eigenvalue weighted by atomic mass is 16.6. The van der Waals surface area contributed by atoms with E-state index in [2.05, 4.69) is 26.2 Å². The molecule has 3 unspecified atom stereocenters. The zero-order valence-electron chi connectivity index (χ0n) is 29.9. The van der Waals surface area contributed by atoms with Crippen LogP contribution in [-0.4, -0.2) is 110 Å². The van der Waals surface area contributed by atoms with Gasteiger partial charge < -0.3 is 45.3 Å². The van der Waals surface area contributed by atoms with Gasteiger partial charge in [-0.15, -0.1) is 0 Å². The predicted molar refractivity (Wildman–Crippen MR) is 181 cm³/mol. The highest BCUT2D eigenvalue weighted by Crippen LogP contribution is 2.29. The summed E-state index contributed by atoms with van der Waals surface area (Å²) in [5.74, 6) is -1.60. The number of ether oxygens (including phenoxy) is 3. The summed E-state index contributed by atoms with van der Waals surface area (Å²) in [6.45, 7) is 16.2. The summed E-state index contributed by atoms with van der Waals surface area (Å²) in [7, 11) is 0. The molecule has 2 fully saturated rings. The average Bonchev–Trinajstić information content (AvgIpc) is 3.79. The van der Waals surface area contributed by atoms with Gasteiger partial charge in [0.05, 0.1) is 19.2 Å². The molecule has 49 heavy (non-hydrogen) atoms. The Balaban J connectivity index is 1.44. The second-order valence-electron chi connectivity index (χ2n) is 14.0. The Morgan fingerprint density at radius 3 is 2.06 bits per heavy atom. The van der Waals surface area contributed by atoms with E-state index in [4.69, 9.17) is 14.2 Å². The molecule has 0 bridgehead atoms. The zero-order valence-corrected chi connectivity index (χ0v) is 29.9. The molecule has 2 saturated heterocycles. The first-order chi connectivity index (χ1) is 22.9. The van der Waals surface area contributed by atoms with Gasteiger partial charge in [0.15, 0.2) is 5.78 Å². The molecule has 1 aromatic rings. The Morgan fingerprint density at radius 2 is 1.53 bits per heavy atom. The number of epoxide rings is 1. The van der Waals surface area contributed by atoms with Crippen molar-refractivity contribution in [2.24, 2.45) is 5.92 Å². The van der Waals surface area contributed by atoms with Crippen molar-refractivity contribution in [3.05, 3.63) is 23.8 Å². The third-order valence-electron chi connectivity index (χ3n) is 7.99. The van der Waals surface area contributed by atoms with Crippen LogP contribution in [0.15, 0.2) is 18.2 Å². The predicted octanol–water partition coefficient (Wildman–Crippen LogP) is 2.04. The van der Waals surface area contributed by atoms with Gasteiger partial charge in [0, 0.05) is 31.9 Å². The molecule has 0 spiro atoms. The first-order valence-electron chi connectivity index (χ1n) is 16.7. The first-order valence-corrected chi connectivity index (χ1v) is 16.7. The van der Waals surface area contributed by atoms with Crippen LogP contribution in [-0.2, 0) is 28.7 Å². The van der Waals surface area contributed by atoms with E-state index in [1.807, 2.05) is 46.8 Å². The number of carbonyl (C=O) groups excluding carboxylic acids is 6. The normalized spacial score (nSPS) is 18.6. The molecule has 272 valence electrons. The molecule has 1 aromatic carbocycles. The lowest BCUT2D eigenvalue weighted by atomic mass is 9.99. The van der Waals surface area contributed by atoms with Crippen LogP contribution in [0.25, 0.3) is 0 Å². The average molecular weight is 689 g/mol. The van der Waals surface area contributed by atoms with Gasteiger partial charge in [-0.2, -0.15) is 0 Å². The second-order valence-corrected chi connectivity index (χ2v) is 14.0. The molecule has 15 nitrogen and oxygen atoms in total. The Morgan fingerprint density at radius 1 is 0.939 bits per heavy atom. The van der Waals surface area contributed by atoms with Gasteiger partial charge in [0.2, 0.25) is 17.7 Å². The molecule has 3 atom stereocenters. The van der Waals surface area contributed by atoms with Gasteiger partial charge in [0.1, 0.15) is 29.5 Å². The number of anilines is 1. The minimum Gasteiger partial charge on any atom is -0.444 e. The summed E-state index contributed by atoms with van der Waals surface area (Å²) in [6, 6.07) is 3.69. The van der Waals surface area contributed by atoms with Crippen molar-refractivity contribution in [2.45, 2.75) is 91.5 Å². The van der Waals surface area contributed by atoms with Crippen LogP contribution < -0.4 is 30.9 Å². The molecule has 3 rings (SSSR count). The minimum absolute atomic E-state index is 0.0315. The summed E-state index contributed by atoms with van der Waals surface area (Å²) >= 11 is 0. The van der Waals surface area contributed by atoms with Crippen molar-refractivity contribution in [1.29, 1.82) is 0 Å². The molecule has 15 heteroatoms. The number of amides is 5. The van der Waals surface area contributed by atoms with Crippen molar-refractivity contribution in [3.63, 3.8) is 0 Å². The standard InChI is InChI=1S/C34H52N6O9/c1-9-24(29(43)34(8)20-47-34)37-27(41)18-35-30(44)25(16-21(2)3)38-28(42)19-36-31(45)48-26-11-10-23(17-22(26)4)39-12-14-40(15-13-39)32(46)49-33(5,6)7/h10-11,17,21,24-25H,9,12-16,18-20H2,1-8H3,(H,35,44)(H,36,45)(H,37,41)(H,38,42). The number of aryl methyl sites for hydroxylation is 1. The summed E-state index contributed by atoms with van der Waals surface area (Å²) in [6.07, 6.45) is -0.513. The van der Waals surface area contributed by atoms with Gasteiger partial charge >= 0.3 is 12.2 Å². The van der Waals surface area contributed by atoms with Crippen molar-refractivity contribution < 1.29 is 43.0 Å². The van der Waals surface area contributed by atoms with Gasteiger partial charge in [-0.25, -0.2) is 9.59 Å². The molecular weight excluding hydrogens is 636 g/mol. The van der Waals surface area contributed by atoms with E-state index < -0.39 is 53.6 Å². The number of nitrogens with one attached hydrogen (secondary N) is 4. The number of benzene rings is 1.